The average Bonchev–Trinajstić information content (AvgIpc) is 2.73. The van der Waals surface area contributed by atoms with E-state index in [1.165, 1.54) is 0 Å². The lowest BCUT2D eigenvalue weighted by atomic mass is 10.1. The van der Waals surface area contributed by atoms with Crippen molar-refractivity contribution in [3.63, 3.8) is 0 Å². The standard InChI is InChI=1S/C23H31BrN2O2Si/c1-6-11-25-20-10-8-18(24)15-19(20)23(27)26(16-28-12-13-29(3,4)5)22-14-17(2)7-9-21(22)25/h7-10,14-15H,6,11-13,16H2,1-5H3. The molecule has 1 aliphatic heterocycles. The molecule has 156 valence electrons. The van der Waals surface area contributed by atoms with E-state index in [2.05, 4.69) is 72.5 Å². The van der Waals surface area contributed by atoms with Gasteiger partial charge in [-0.1, -0.05) is 48.6 Å². The normalized spacial score (nSPS) is 13.9. The van der Waals surface area contributed by atoms with Crippen molar-refractivity contribution < 1.29 is 9.53 Å². The number of halogens is 1. The van der Waals surface area contributed by atoms with Crippen LogP contribution in [0.5, 0.6) is 0 Å². The molecular weight excluding hydrogens is 444 g/mol. The van der Waals surface area contributed by atoms with Gasteiger partial charge in [-0.2, -0.15) is 0 Å². The monoisotopic (exact) mass is 474 g/mol. The van der Waals surface area contributed by atoms with Crippen molar-refractivity contribution in [2.75, 3.05) is 29.7 Å². The lowest BCUT2D eigenvalue weighted by Crippen LogP contribution is -2.33. The van der Waals surface area contributed by atoms with Crippen molar-refractivity contribution in [3.8, 4) is 0 Å². The highest BCUT2D eigenvalue weighted by atomic mass is 79.9. The van der Waals surface area contributed by atoms with Gasteiger partial charge in [0.05, 0.1) is 22.6 Å². The zero-order chi connectivity index (χ0) is 21.2. The molecule has 0 saturated carbocycles. The first-order valence-electron chi connectivity index (χ1n) is 10.3. The molecule has 2 aromatic carbocycles. The molecule has 0 spiro atoms. The van der Waals surface area contributed by atoms with Crippen LogP contribution < -0.4 is 9.80 Å². The van der Waals surface area contributed by atoms with E-state index in [9.17, 15) is 4.79 Å². The van der Waals surface area contributed by atoms with Gasteiger partial charge in [-0.25, -0.2) is 0 Å². The van der Waals surface area contributed by atoms with Crippen molar-refractivity contribution in [1.82, 2.24) is 0 Å². The molecule has 1 heterocycles. The average molecular weight is 476 g/mol. The minimum absolute atomic E-state index is 0.0141. The fourth-order valence-electron chi connectivity index (χ4n) is 3.50. The molecular formula is C23H31BrN2O2Si. The van der Waals surface area contributed by atoms with Gasteiger partial charge >= 0.3 is 0 Å². The van der Waals surface area contributed by atoms with Crippen molar-refractivity contribution in [3.05, 3.63) is 52.0 Å². The first kappa shape index (κ1) is 22.1. The smallest absolute Gasteiger partial charge is 0.262 e. The first-order chi connectivity index (χ1) is 13.7. The summed E-state index contributed by atoms with van der Waals surface area (Å²) in [4.78, 5) is 17.7. The van der Waals surface area contributed by atoms with E-state index in [0.717, 1.165) is 46.1 Å². The third kappa shape index (κ3) is 5.11. The summed E-state index contributed by atoms with van der Waals surface area (Å²) in [6.07, 6.45) is 0.990. The fourth-order valence-corrected chi connectivity index (χ4v) is 4.62. The van der Waals surface area contributed by atoms with Gasteiger partial charge in [-0.3, -0.25) is 9.69 Å². The number of aryl methyl sites for hydroxylation is 1. The molecule has 1 aliphatic rings. The number of ether oxygens (including phenoxy) is 1. The number of rotatable bonds is 7. The van der Waals surface area contributed by atoms with Crippen LogP contribution in [0.1, 0.15) is 29.3 Å². The lowest BCUT2D eigenvalue weighted by Gasteiger charge is -2.27. The minimum Gasteiger partial charge on any atom is -0.361 e. The molecule has 0 N–H and O–H groups in total. The fraction of sp³-hybridized carbons (Fsp3) is 0.435. The van der Waals surface area contributed by atoms with Crippen LogP contribution in [0.25, 0.3) is 0 Å². The van der Waals surface area contributed by atoms with E-state index in [1.807, 2.05) is 18.2 Å². The summed E-state index contributed by atoms with van der Waals surface area (Å²) < 4.78 is 6.93. The maximum Gasteiger partial charge on any atom is 0.262 e. The molecule has 0 aromatic heterocycles. The topological polar surface area (TPSA) is 32.8 Å². The Kier molecular flexibility index (Phi) is 6.86. The van der Waals surface area contributed by atoms with Crippen LogP contribution in [0.15, 0.2) is 40.9 Å². The van der Waals surface area contributed by atoms with E-state index in [-0.39, 0.29) is 12.6 Å². The third-order valence-electron chi connectivity index (χ3n) is 5.10. The van der Waals surface area contributed by atoms with Gasteiger partial charge in [-0.05, 0) is 55.3 Å². The number of fused-ring (bicyclic) bond motifs is 2. The largest absolute Gasteiger partial charge is 0.361 e. The molecule has 0 radical (unpaired) electrons. The maximum absolute atomic E-state index is 13.6. The highest BCUT2D eigenvalue weighted by Crippen LogP contribution is 2.42. The number of nitrogens with zero attached hydrogens (tertiary/aromatic N) is 2. The van der Waals surface area contributed by atoms with Crippen LogP contribution in [-0.2, 0) is 4.74 Å². The van der Waals surface area contributed by atoms with Crippen LogP contribution in [0.3, 0.4) is 0 Å². The Hall–Kier alpha value is -1.63. The van der Waals surface area contributed by atoms with Crippen LogP contribution in [0, 0.1) is 6.92 Å². The Morgan fingerprint density at radius 1 is 1.00 bits per heavy atom. The number of carbonyl (C=O) groups excluding carboxylic acids is 1. The molecule has 1 amide bonds. The van der Waals surface area contributed by atoms with Gasteiger partial charge in [0.1, 0.15) is 6.73 Å². The number of hydrogen-bond donors (Lipinski definition) is 0. The summed E-state index contributed by atoms with van der Waals surface area (Å²) in [6.45, 7) is 13.0. The minimum atomic E-state index is -1.18. The van der Waals surface area contributed by atoms with Crippen LogP contribution in [0.2, 0.25) is 25.7 Å². The SMILES string of the molecule is CCCN1c2ccc(Br)cc2C(=O)N(COCC[Si](C)(C)C)c2cc(C)ccc21. The van der Waals surface area contributed by atoms with Gasteiger partial charge in [0.15, 0.2) is 0 Å². The summed E-state index contributed by atoms with van der Waals surface area (Å²) in [7, 11) is -1.18. The molecule has 6 heteroatoms. The molecule has 3 rings (SSSR count). The highest BCUT2D eigenvalue weighted by molar-refractivity contribution is 9.10. The Bertz CT molecular complexity index is 895. The van der Waals surface area contributed by atoms with Crippen molar-refractivity contribution >= 4 is 47.0 Å². The summed E-state index contributed by atoms with van der Waals surface area (Å²) in [5.74, 6) is -0.0141. The summed E-state index contributed by atoms with van der Waals surface area (Å²) >= 11 is 3.54. The summed E-state index contributed by atoms with van der Waals surface area (Å²) in [6, 6.07) is 13.4. The number of benzene rings is 2. The Labute approximate surface area is 184 Å². The number of amides is 1. The molecule has 0 saturated heterocycles. The Morgan fingerprint density at radius 3 is 2.41 bits per heavy atom. The number of hydrogen-bond acceptors (Lipinski definition) is 3. The predicted molar refractivity (Wildman–Crippen MR) is 128 cm³/mol. The van der Waals surface area contributed by atoms with Crippen molar-refractivity contribution in [2.24, 2.45) is 0 Å². The Balaban J connectivity index is 2.04. The van der Waals surface area contributed by atoms with Gasteiger partial charge in [-0.15, -0.1) is 0 Å². The number of anilines is 3. The van der Waals surface area contributed by atoms with Gasteiger partial charge in [0.25, 0.3) is 5.91 Å². The zero-order valence-corrected chi connectivity index (χ0v) is 20.7. The van der Waals surface area contributed by atoms with E-state index in [1.54, 1.807) is 4.90 Å². The lowest BCUT2D eigenvalue weighted by molar-refractivity contribution is 0.0902. The van der Waals surface area contributed by atoms with E-state index in [0.29, 0.717) is 12.2 Å². The molecule has 2 aromatic rings. The zero-order valence-electron chi connectivity index (χ0n) is 18.1. The van der Waals surface area contributed by atoms with Crippen molar-refractivity contribution in [1.29, 1.82) is 0 Å². The second-order valence-electron chi connectivity index (χ2n) is 8.89. The molecule has 0 fully saturated rings. The van der Waals surface area contributed by atoms with Crippen LogP contribution in [0.4, 0.5) is 17.1 Å². The molecule has 0 bridgehead atoms. The van der Waals surface area contributed by atoms with E-state index < -0.39 is 8.07 Å². The quantitative estimate of drug-likeness (QED) is 0.335. The molecule has 0 aliphatic carbocycles. The molecule has 29 heavy (non-hydrogen) atoms. The van der Waals surface area contributed by atoms with E-state index in [4.69, 9.17) is 4.74 Å². The van der Waals surface area contributed by atoms with Gasteiger partial charge in [0, 0.05) is 25.7 Å². The third-order valence-corrected chi connectivity index (χ3v) is 7.30. The predicted octanol–water partition coefficient (Wildman–Crippen LogP) is 6.58. The van der Waals surface area contributed by atoms with Crippen LogP contribution in [-0.4, -0.2) is 33.9 Å². The van der Waals surface area contributed by atoms with Gasteiger partial charge < -0.3 is 9.64 Å². The summed E-state index contributed by atoms with van der Waals surface area (Å²) in [5, 5.41) is 0. The van der Waals surface area contributed by atoms with Crippen LogP contribution >= 0.6 is 15.9 Å². The highest BCUT2D eigenvalue weighted by Gasteiger charge is 2.31. The summed E-state index contributed by atoms with van der Waals surface area (Å²) in [5.41, 5.74) is 4.77. The number of carbonyl (C=O) groups is 1. The van der Waals surface area contributed by atoms with Crippen molar-refractivity contribution in [2.45, 2.75) is 46.0 Å². The second kappa shape index (κ2) is 9.02. The Morgan fingerprint density at radius 2 is 1.72 bits per heavy atom. The maximum atomic E-state index is 13.6. The molecule has 4 nitrogen and oxygen atoms in total. The van der Waals surface area contributed by atoms with E-state index >= 15 is 0 Å². The molecule has 0 atom stereocenters. The van der Waals surface area contributed by atoms with Gasteiger partial charge in [0.2, 0.25) is 0 Å². The second-order valence-corrected chi connectivity index (χ2v) is 15.4. The molecule has 0 unspecified atom stereocenters. The first-order valence-corrected chi connectivity index (χ1v) is 14.8.